The summed E-state index contributed by atoms with van der Waals surface area (Å²) >= 11 is 0. The monoisotopic (exact) mass is 337 g/mol. The zero-order valence-corrected chi connectivity index (χ0v) is 14.3. The Bertz CT molecular complexity index is 769. The van der Waals surface area contributed by atoms with Crippen molar-refractivity contribution < 1.29 is 9.59 Å². The Hall–Kier alpha value is -2.66. The van der Waals surface area contributed by atoms with Crippen molar-refractivity contribution in [3.63, 3.8) is 0 Å². The van der Waals surface area contributed by atoms with Crippen molar-refractivity contribution in [3.8, 4) is 0 Å². The highest BCUT2D eigenvalue weighted by Gasteiger charge is 2.29. The fraction of sp³-hybridized carbons (Fsp3) is 0.300. The molecule has 1 aliphatic carbocycles. The summed E-state index contributed by atoms with van der Waals surface area (Å²) in [5, 5.41) is 8.92. The Morgan fingerprint density at radius 1 is 1.00 bits per heavy atom. The number of hydrogen-bond donors (Lipinski definition) is 3. The first-order chi connectivity index (χ1) is 12.2. The van der Waals surface area contributed by atoms with Crippen molar-refractivity contribution in [2.24, 2.45) is 5.92 Å². The lowest BCUT2D eigenvalue weighted by molar-refractivity contribution is -0.117. The molecule has 0 unspecified atom stereocenters. The molecule has 1 fully saturated rings. The van der Waals surface area contributed by atoms with Crippen LogP contribution in [0.2, 0.25) is 0 Å². The second-order valence-electron chi connectivity index (χ2n) is 6.31. The van der Waals surface area contributed by atoms with Gasteiger partial charge in [0.05, 0.1) is 0 Å². The Labute approximate surface area is 147 Å². The summed E-state index contributed by atoms with van der Waals surface area (Å²) < 4.78 is 0. The number of carbonyl (C=O) groups is 2. The highest BCUT2D eigenvalue weighted by molar-refractivity contribution is 6.05. The summed E-state index contributed by atoms with van der Waals surface area (Å²) in [7, 11) is 1.89. The van der Waals surface area contributed by atoms with E-state index in [0.717, 1.165) is 31.4 Å². The number of likely N-dealkylation sites (N-methyl/N-ethyl adjacent to an activating group) is 1. The number of hydrogen-bond acceptors (Lipinski definition) is 3. The molecule has 1 aliphatic rings. The average Bonchev–Trinajstić information content (AvgIpc) is 3.45. The van der Waals surface area contributed by atoms with Gasteiger partial charge in [0.2, 0.25) is 5.91 Å². The van der Waals surface area contributed by atoms with E-state index in [1.165, 1.54) is 0 Å². The summed E-state index contributed by atoms with van der Waals surface area (Å²) in [6.45, 7) is 0.812. The lowest BCUT2D eigenvalue weighted by Gasteiger charge is -2.11. The Morgan fingerprint density at radius 2 is 1.72 bits per heavy atom. The molecule has 0 radical (unpaired) electrons. The quantitative estimate of drug-likeness (QED) is 0.727. The van der Waals surface area contributed by atoms with Crippen LogP contribution in [0.1, 0.15) is 28.8 Å². The second-order valence-corrected chi connectivity index (χ2v) is 6.31. The van der Waals surface area contributed by atoms with E-state index in [2.05, 4.69) is 16.0 Å². The minimum Gasteiger partial charge on any atom is -0.326 e. The van der Waals surface area contributed by atoms with Gasteiger partial charge < -0.3 is 16.0 Å². The number of nitrogens with one attached hydrogen (secondary N) is 3. The normalized spacial score (nSPS) is 13.3. The highest BCUT2D eigenvalue weighted by atomic mass is 16.2. The van der Waals surface area contributed by atoms with Crippen LogP contribution >= 0.6 is 0 Å². The van der Waals surface area contributed by atoms with Gasteiger partial charge in [-0.1, -0.05) is 24.3 Å². The first kappa shape index (κ1) is 17.2. The van der Waals surface area contributed by atoms with E-state index in [0.29, 0.717) is 16.9 Å². The van der Waals surface area contributed by atoms with Crippen LogP contribution in [0.4, 0.5) is 11.4 Å². The smallest absolute Gasteiger partial charge is 0.255 e. The molecule has 0 aliphatic heterocycles. The third-order valence-electron chi connectivity index (χ3n) is 4.24. The molecule has 5 nitrogen and oxygen atoms in total. The first-order valence-electron chi connectivity index (χ1n) is 8.62. The molecule has 0 atom stereocenters. The molecular formula is C20H23N3O2. The van der Waals surface area contributed by atoms with Gasteiger partial charge in [-0.2, -0.15) is 0 Å². The molecule has 2 aromatic rings. The zero-order chi connectivity index (χ0) is 17.6. The van der Waals surface area contributed by atoms with Crippen molar-refractivity contribution in [2.45, 2.75) is 19.3 Å². The molecule has 25 heavy (non-hydrogen) atoms. The van der Waals surface area contributed by atoms with Gasteiger partial charge in [0.25, 0.3) is 5.91 Å². The fourth-order valence-corrected chi connectivity index (χ4v) is 2.68. The molecule has 0 aromatic heterocycles. The SMILES string of the molecule is CNCCc1ccccc1C(=O)Nc1cccc(NC(=O)C2CC2)c1. The van der Waals surface area contributed by atoms with Gasteiger partial charge >= 0.3 is 0 Å². The van der Waals surface area contributed by atoms with E-state index in [1.807, 2.05) is 49.5 Å². The van der Waals surface area contributed by atoms with Crippen LogP contribution in [0, 0.1) is 5.92 Å². The molecule has 130 valence electrons. The third-order valence-corrected chi connectivity index (χ3v) is 4.24. The Balaban J connectivity index is 1.69. The zero-order valence-electron chi connectivity index (χ0n) is 14.3. The topological polar surface area (TPSA) is 70.2 Å². The Morgan fingerprint density at radius 3 is 2.44 bits per heavy atom. The number of benzene rings is 2. The van der Waals surface area contributed by atoms with Gasteiger partial charge in [-0.15, -0.1) is 0 Å². The number of rotatable bonds is 7. The summed E-state index contributed by atoms with van der Waals surface area (Å²) in [6, 6.07) is 14.9. The standard InChI is InChI=1S/C20H23N3O2/c1-21-12-11-14-5-2-3-8-18(14)20(25)23-17-7-4-6-16(13-17)22-19(24)15-9-10-15/h2-8,13,15,21H,9-12H2,1H3,(H,22,24)(H,23,25). The molecule has 1 saturated carbocycles. The van der Waals surface area contributed by atoms with Gasteiger partial charge in [-0.3, -0.25) is 9.59 Å². The minimum atomic E-state index is -0.141. The molecule has 0 spiro atoms. The number of carbonyl (C=O) groups excluding carboxylic acids is 2. The van der Waals surface area contributed by atoms with Crippen LogP contribution in [0.3, 0.4) is 0 Å². The lowest BCUT2D eigenvalue weighted by atomic mass is 10.0. The molecule has 3 rings (SSSR count). The van der Waals surface area contributed by atoms with Crippen molar-refractivity contribution in [1.82, 2.24) is 5.32 Å². The molecule has 0 saturated heterocycles. The average molecular weight is 337 g/mol. The van der Waals surface area contributed by atoms with Gasteiger partial charge in [0, 0.05) is 22.9 Å². The minimum absolute atomic E-state index is 0.0564. The van der Waals surface area contributed by atoms with Crippen LogP contribution in [-0.2, 0) is 11.2 Å². The Kier molecular flexibility index (Phi) is 5.46. The van der Waals surface area contributed by atoms with E-state index < -0.39 is 0 Å². The van der Waals surface area contributed by atoms with E-state index in [4.69, 9.17) is 0 Å². The van der Waals surface area contributed by atoms with Crippen molar-refractivity contribution in [1.29, 1.82) is 0 Å². The maximum Gasteiger partial charge on any atom is 0.255 e. The maximum absolute atomic E-state index is 12.6. The van der Waals surface area contributed by atoms with Crippen LogP contribution < -0.4 is 16.0 Å². The predicted molar refractivity (Wildman–Crippen MR) is 99.8 cm³/mol. The molecule has 2 amide bonds. The van der Waals surface area contributed by atoms with Gasteiger partial charge in [0.1, 0.15) is 0 Å². The van der Waals surface area contributed by atoms with Gasteiger partial charge in [-0.25, -0.2) is 0 Å². The van der Waals surface area contributed by atoms with E-state index in [9.17, 15) is 9.59 Å². The second kappa shape index (κ2) is 7.94. The van der Waals surface area contributed by atoms with E-state index in [1.54, 1.807) is 6.07 Å². The van der Waals surface area contributed by atoms with Crippen molar-refractivity contribution in [2.75, 3.05) is 24.2 Å². The van der Waals surface area contributed by atoms with Gasteiger partial charge in [-0.05, 0) is 62.7 Å². The molecule has 2 aromatic carbocycles. The third kappa shape index (κ3) is 4.67. The molecule has 5 heteroatoms. The fourth-order valence-electron chi connectivity index (χ4n) is 2.68. The van der Waals surface area contributed by atoms with E-state index in [-0.39, 0.29) is 17.7 Å². The summed E-state index contributed by atoms with van der Waals surface area (Å²) in [4.78, 5) is 24.5. The number of amides is 2. The van der Waals surface area contributed by atoms with E-state index >= 15 is 0 Å². The number of anilines is 2. The van der Waals surface area contributed by atoms with Crippen molar-refractivity contribution >= 4 is 23.2 Å². The van der Waals surface area contributed by atoms with Crippen LogP contribution in [-0.4, -0.2) is 25.4 Å². The van der Waals surface area contributed by atoms with Crippen molar-refractivity contribution in [3.05, 3.63) is 59.7 Å². The summed E-state index contributed by atoms with van der Waals surface area (Å²) in [6.07, 6.45) is 2.72. The van der Waals surface area contributed by atoms with Crippen LogP contribution in [0.5, 0.6) is 0 Å². The molecular weight excluding hydrogens is 314 g/mol. The first-order valence-corrected chi connectivity index (χ1v) is 8.62. The van der Waals surface area contributed by atoms with Crippen LogP contribution in [0.15, 0.2) is 48.5 Å². The molecule has 0 bridgehead atoms. The lowest BCUT2D eigenvalue weighted by Crippen LogP contribution is -2.17. The van der Waals surface area contributed by atoms with Crippen LogP contribution in [0.25, 0.3) is 0 Å². The molecule has 0 heterocycles. The summed E-state index contributed by atoms with van der Waals surface area (Å²) in [5.41, 5.74) is 3.05. The predicted octanol–water partition coefficient (Wildman–Crippen LogP) is 3.05. The van der Waals surface area contributed by atoms with Gasteiger partial charge in [0.15, 0.2) is 0 Å². The molecule has 3 N–H and O–H groups in total. The maximum atomic E-state index is 12.6. The largest absolute Gasteiger partial charge is 0.326 e. The highest BCUT2D eigenvalue weighted by Crippen LogP contribution is 2.30. The summed E-state index contributed by atoms with van der Waals surface area (Å²) in [5.74, 6) is 0.0653.